The van der Waals surface area contributed by atoms with E-state index in [9.17, 15) is 0 Å². The number of nitrogens with two attached hydrogens (primary N) is 1. The van der Waals surface area contributed by atoms with Gasteiger partial charge in [-0.15, -0.1) is 0 Å². The normalized spacial score (nSPS) is 20.4. The first kappa shape index (κ1) is 9.92. The maximum Gasteiger partial charge on any atom is 0.282 e. The summed E-state index contributed by atoms with van der Waals surface area (Å²) in [7, 11) is 0. The highest BCUT2D eigenvalue weighted by molar-refractivity contribution is 9.11. The summed E-state index contributed by atoms with van der Waals surface area (Å²) in [5.41, 5.74) is 6.26. The lowest BCUT2D eigenvalue weighted by atomic mass is 10.2. The van der Waals surface area contributed by atoms with Gasteiger partial charge >= 0.3 is 0 Å². The summed E-state index contributed by atoms with van der Waals surface area (Å²) in [5, 5.41) is 0. The Morgan fingerprint density at radius 3 is 2.86 bits per heavy atom. The molecule has 0 saturated heterocycles. The summed E-state index contributed by atoms with van der Waals surface area (Å²) in [5.74, 6) is 0. The number of halogens is 2. The summed E-state index contributed by atoms with van der Waals surface area (Å²) in [4.78, 5) is 8.37. The fraction of sp³-hybridized carbons (Fsp3) is 0.250. The molecular weight excluding hydrogens is 314 g/mol. The topological polar surface area (TPSA) is 60.5 Å². The van der Waals surface area contributed by atoms with Crippen LogP contribution in [-0.2, 0) is 4.74 Å². The van der Waals surface area contributed by atoms with Crippen LogP contribution in [0.3, 0.4) is 0 Å². The molecule has 1 aliphatic heterocycles. The van der Waals surface area contributed by atoms with Crippen LogP contribution < -0.4 is 5.73 Å². The van der Waals surface area contributed by atoms with Crippen molar-refractivity contribution in [1.82, 2.24) is 4.98 Å². The number of aromatic nitrogens is 1. The van der Waals surface area contributed by atoms with Gasteiger partial charge in [0.05, 0.1) is 5.69 Å². The van der Waals surface area contributed by atoms with Crippen LogP contribution in [0.25, 0.3) is 0 Å². The van der Waals surface area contributed by atoms with Gasteiger partial charge in [-0.1, -0.05) is 0 Å². The zero-order chi connectivity index (χ0) is 10.1. The predicted molar refractivity (Wildman–Crippen MR) is 60.0 cm³/mol. The molecule has 1 aromatic heterocycles. The van der Waals surface area contributed by atoms with Gasteiger partial charge in [0.1, 0.15) is 12.6 Å². The summed E-state index contributed by atoms with van der Waals surface area (Å²) >= 11 is 6.75. The summed E-state index contributed by atoms with van der Waals surface area (Å²) in [6.07, 6.45) is 1.73. The second kappa shape index (κ2) is 3.86. The molecule has 0 aliphatic carbocycles. The number of hydrogen-bond acceptors (Lipinski definition) is 4. The van der Waals surface area contributed by atoms with Crippen molar-refractivity contribution in [2.24, 2.45) is 10.7 Å². The Labute approximate surface area is 97.8 Å². The van der Waals surface area contributed by atoms with Crippen LogP contribution in [0.1, 0.15) is 11.7 Å². The Kier molecular flexibility index (Phi) is 2.73. The highest BCUT2D eigenvalue weighted by Crippen LogP contribution is 2.28. The molecule has 2 rings (SSSR count). The second-order valence-corrected chi connectivity index (χ2v) is 4.58. The molecule has 4 nitrogen and oxygen atoms in total. The highest BCUT2D eigenvalue weighted by Gasteiger charge is 2.22. The molecule has 0 amide bonds. The number of amidine groups is 1. The van der Waals surface area contributed by atoms with Gasteiger partial charge in [0, 0.05) is 15.1 Å². The van der Waals surface area contributed by atoms with E-state index in [0.717, 1.165) is 14.6 Å². The van der Waals surface area contributed by atoms with Gasteiger partial charge in [-0.25, -0.2) is 4.99 Å². The molecule has 1 aromatic rings. The molecular formula is C8H7Br2N3O. The van der Waals surface area contributed by atoms with E-state index in [1.807, 2.05) is 6.07 Å². The molecule has 2 heterocycles. The highest BCUT2D eigenvalue weighted by atomic mass is 79.9. The standard InChI is InChI=1S/C8H7Br2N3O/c9-4-1-5(10)7(12-2-4)6-3-14-8(11)13-6/h1-2,6H,3H2,(H2,11,13). The van der Waals surface area contributed by atoms with E-state index in [0.29, 0.717) is 6.61 Å². The lowest BCUT2D eigenvalue weighted by Crippen LogP contribution is -2.10. The molecule has 6 heteroatoms. The van der Waals surface area contributed by atoms with Crippen molar-refractivity contribution in [3.05, 3.63) is 26.9 Å². The largest absolute Gasteiger partial charge is 0.463 e. The number of aliphatic imine (C=N–C) groups is 1. The van der Waals surface area contributed by atoms with E-state index in [4.69, 9.17) is 10.5 Å². The minimum Gasteiger partial charge on any atom is -0.463 e. The average Bonchev–Trinajstić information content (AvgIpc) is 2.51. The van der Waals surface area contributed by atoms with Gasteiger partial charge in [0.25, 0.3) is 6.02 Å². The zero-order valence-electron chi connectivity index (χ0n) is 7.08. The van der Waals surface area contributed by atoms with Crippen molar-refractivity contribution in [2.45, 2.75) is 6.04 Å². The van der Waals surface area contributed by atoms with Crippen molar-refractivity contribution in [1.29, 1.82) is 0 Å². The maximum absolute atomic E-state index is 5.42. The van der Waals surface area contributed by atoms with E-state index in [-0.39, 0.29) is 12.1 Å². The van der Waals surface area contributed by atoms with Crippen LogP contribution in [0.15, 0.2) is 26.2 Å². The molecule has 14 heavy (non-hydrogen) atoms. The van der Waals surface area contributed by atoms with E-state index in [1.54, 1.807) is 6.20 Å². The van der Waals surface area contributed by atoms with Crippen LogP contribution in [0.4, 0.5) is 0 Å². The fourth-order valence-electron chi connectivity index (χ4n) is 1.20. The van der Waals surface area contributed by atoms with Gasteiger partial charge in [0.2, 0.25) is 0 Å². The number of ether oxygens (including phenoxy) is 1. The molecule has 1 atom stereocenters. The minimum atomic E-state index is -0.0996. The number of pyridine rings is 1. The summed E-state index contributed by atoms with van der Waals surface area (Å²) in [6, 6.07) is 2.05. The average molecular weight is 321 g/mol. The molecule has 1 aliphatic rings. The molecule has 0 radical (unpaired) electrons. The van der Waals surface area contributed by atoms with Crippen LogP contribution >= 0.6 is 31.9 Å². The third-order valence-electron chi connectivity index (χ3n) is 1.82. The van der Waals surface area contributed by atoms with Crippen LogP contribution in [0.5, 0.6) is 0 Å². The number of rotatable bonds is 1. The summed E-state index contributed by atoms with van der Waals surface area (Å²) in [6.45, 7) is 0.457. The molecule has 0 aromatic carbocycles. The SMILES string of the molecule is NC1=NC(c2ncc(Br)cc2Br)CO1. The molecule has 74 valence electrons. The Hall–Kier alpha value is -0.620. The van der Waals surface area contributed by atoms with Crippen molar-refractivity contribution in [2.75, 3.05) is 6.61 Å². The van der Waals surface area contributed by atoms with Gasteiger partial charge < -0.3 is 10.5 Å². The van der Waals surface area contributed by atoms with Crippen LogP contribution in [0, 0.1) is 0 Å². The van der Waals surface area contributed by atoms with Crippen LogP contribution in [0.2, 0.25) is 0 Å². The molecule has 0 fully saturated rings. The van der Waals surface area contributed by atoms with Crippen molar-refractivity contribution in [3.63, 3.8) is 0 Å². The number of nitrogens with zero attached hydrogens (tertiary/aromatic N) is 2. The Morgan fingerprint density at radius 2 is 2.29 bits per heavy atom. The Bertz CT molecular complexity index is 394. The van der Waals surface area contributed by atoms with Gasteiger partial charge in [-0.3, -0.25) is 4.98 Å². The van der Waals surface area contributed by atoms with Crippen molar-refractivity contribution < 1.29 is 4.74 Å². The first-order valence-electron chi connectivity index (χ1n) is 3.94. The fourth-order valence-corrected chi connectivity index (χ4v) is 2.45. The minimum absolute atomic E-state index is 0.0996. The number of hydrogen-bond donors (Lipinski definition) is 1. The van der Waals surface area contributed by atoms with Gasteiger partial charge in [-0.2, -0.15) is 0 Å². The smallest absolute Gasteiger partial charge is 0.282 e. The first-order valence-corrected chi connectivity index (χ1v) is 5.52. The lowest BCUT2D eigenvalue weighted by Gasteiger charge is -2.06. The predicted octanol–water partition coefficient (Wildman–Crippen LogP) is 1.99. The lowest BCUT2D eigenvalue weighted by molar-refractivity contribution is 0.313. The quantitative estimate of drug-likeness (QED) is 0.861. The molecule has 0 bridgehead atoms. The third-order valence-corrected chi connectivity index (χ3v) is 2.89. The molecule has 2 N–H and O–H groups in total. The van der Waals surface area contributed by atoms with Gasteiger partial charge in [0.15, 0.2) is 0 Å². The zero-order valence-corrected chi connectivity index (χ0v) is 10.2. The van der Waals surface area contributed by atoms with Crippen molar-refractivity contribution >= 4 is 37.9 Å². The molecule has 1 unspecified atom stereocenters. The molecule has 0 saturated carbocycles. The van der Waals surface area contributed by atoms with E-state index < -0.39 is 0 Å². The molecule has 0 spiro atoms. The van der Waals surface area contributed by atoms with E-state index in [2.05, 4.69) is 41.8 Å². The maximum atomic E-state index is 5.42. The van der Waals surface area contributed by atoms with Crippen LogP contribution in [-0.4, -0.2) is 17.6 Å². The van der Waals surface area contributed by atoms with E-state index >= 15 is 0 Å². The third kappa shape index (κ3) is 1.90. The Morgan fingerprint density at radius 1 is 1.50 bits per heavy atom. The first-order chi connectivity index (χ1) is 6.66. The van der Waals surface area contributed by atoms with Crippen molar-refractivity contribution in [3.8, 4) is 0 Å². The van der Waals surface area contributed by atoms with E-state index in [1.165, 1.54) is 0 Å². The Balaban J connectivity index is 2.33. The second-order valence-electron chi connectivity index (χ2n) is 2.81. The van der Waals surface area contributed by atoms with Gasteiger partial charge in [-0.05, 0) is 37.9 Å². The monoisotopic (exact) mass is 319 g/mol. The summed E-state index contributed by atoms with van der Waals surface area (Å²) < 4.78 is 6.88.